The van der Waals surface area contributed by atoms with Crippen molar-refractivity contribution in [2.24, 2.45) is 5.10 Å². The Morgan fingerprint density at radius 2 is 2.00 bits per heavy atom. The molecule has 31 heavy (non-hydrogen) atoms. The molecular formula is C22H18N4O3S2. The first-order valence-electron chi connectivity index (χ1n) is 9.45. The van der Waals surface area contributed by atoms with Gasteiger partial charge < -0.3 is 9.47 Å². The van der Waals surface area contributed by atoms with Gasteiger partial charge in [0.05, 0.1) is 18.4 Å². The summed E-state index contributed by atoms with van der Waals surface area (Å²) in [6.07, 6.45) is 1.66. The van der Waals surface area contributed by atoms with Gasteiger partial charge in [-0.3, -0.25) is 0 Å². The van der Waals surface area contributed by atoms with E-state index in [4.69, 9.17) is 21.7 Å². The van der Waals surface area contributed by atoms with Crippen molar-refractivity contribution in [2.75, 3.05) is 6.61 Å². The molecule has 0 amide bonds. The second-order valence-corrected chi connectivity index (χ2v) is 7.61. The Balaban J connectivity index is 1.54. The molecule has 2 aromatic carbocycles. The first kappa shape index (κ1) is 20.7. The lowest BCUT2D eigenvalue weighted by atomic mass is 10.2. The molecule has 0 aliphatic heterocycles. The number of thiophene rings is 1. The lowest BCUT2D eigenvalue weighted by Gasteiger charge is -2.08. The molecule has 1 N–H and O–H groups in total. The van der Waals surface area contributed by atoms with Crippen molar-refractivity contribution < 1.29 is 14.3 Å². The molecular weight excluding hydrogens is 432 g/mol. The van der Waals surface area contributed by atoms with E-state index in [0.717, 1.165) is 11.1 Å². The highest BCUT2D eigenvalue weighted by molar-refractivity contribution is 7.71. The van der Waals surface area contributed by atoms with Crippen molar-refractivity contribution in [1.82, 2.24) is 14.9 Å². The van der Waals surface area contributed by atoms with E-state index in [-0.39, 0.29) is 5.97 Å². The van der Waals surface area contributed by atoms with Gasteiger partial charge in [-0.25, -0.2) is 9.89 Å². The van der Waals surface area contributed by atoms with Crippen LogP contribution in [0.25, 0.3) is 11.4 Å². The zero-order chi connectivity index (χ0) is 21.6. The Bertz CT molecular complexity index is 1260. The van der Waals surface area contributed by atoms with Gasteiger partial charge in [0.15, 0.2) is 5.82 Å². The standard InChI is InChI=1S/C22H18N4O3S2/c1-2-28-18-7-4-3-6-17(18)20-24-25-22(30)26(20)23-14-15-9-11-16(12-10-15)29-21(27)19-8-5-13-31-19/h3-14H,2H2,1H3,(H,25,30)/b23-14-. The fourth-order valence-electron chi connectivity index (χ4n) is 2.80. The van der Waals surface area contributed by atoms with E-state index in [1.54, 1.807) is 36.5 Å². The lowest BCUT2D eigenvalue weighted by Crippen LogP contribution is -2.06. The lowest BCUT2D eigenvalue weighted by molar-refractivity contribution is 0.0740. The SMILES string of the molecule is CCOc1ccccc1-c1n[nH]c(=S)n1/N=C\c1ccc(OC(=O)c2cccs2)cc1. The monoisotopic (exact) mass is 450 g/mol. The molecule has 4 aromatic rings. The van der Waals surface area contributed by atoms with Crippen molar-refractivity contribution in [2.45, 2.75) is 6.92 Å². The molecule has 2 aromatic heterocycles. The summed E-state index contributed by atoms with van der Waals surface area (Å²) < 4.78 is 13.0. The highest BCUT2D eigenvalue weighted by atomic mass is 32.1. The summed E-state index contributed by atoms with van der Waals surface area (Å²) in [6, 6.07) is 18.2. The summed E-state index contributed by atoms with van der Waals surface area (Å²) in [5.41, 5.74) is 1.59. The summed E-state index contributed by atoms with van der Waals surface area (Å²) in [6.45, 7) is 2.46. The van der Waals surface area contributed by atoms with Crippen molar-refractivity contribution >= 4 is 35.7 Å². The van der Waals surface area contributed by atoms with Crippen LogP contribution in [0, 0.1) is 4.77 Å². The summed E-state index contributed by atoms with van der Waals surface area (Å²) in [7, 11) is 0. The smallest absolute Gasteiger partial charge is 0.353 e. The van der Waals surface area contributed by atoms with Gasteiger partial charge in [0.2, 0.25) is 4.77 Å². The van der Waals surface area contributed by atoms with Gasteiger partial charge in [-0.15, -0.1) is 11.3 Å². The molecule has 0 fully saturated rings. The van der Waals surface area contributed by atoms with Crippen LogP contribution in [0.3, 0.4) is 0 Å². The number of nitrogens with one attached hydrogen (secondary N) is 1. The zero-order valence-corrected chi connectivity index (χ0v) is 18.2. The fraction of sp³-hybridized carbons (Fsp3) is 0.0909. The molecule has 7 nitrogen and oxygen atoms in total. The van der Waals surface area contributed by atoms with Gasteiger partial charge in [-0.2, -0.15) is 14.9 Å². The molecule has 0 aliphatic carbocycles. The predicted octanol–water partition coefficient (Wildman–Crippen LogP) is 5.17. The van der Waals surface area contributed by atoms with Gasteiger partial charge >= 0.3 is 5.97 Å². The third-order valence-corrected chi connectivity index (χ3v) is 5.33. The number of rotatable bonds is 7. The first-order valence-corrected chi connectivity index (χ1v) is 10.7. The third kappa shape index (κ3) is 4.79. The highest BCUT2D eigenvalue weighted by Crippen LogP contribution is 2.28. The maximum Gasteiger partial charge on any atom is 0.353 e. The quantitative estimate of drug-likeness (QED) is 0.182. The van der Waals surface area contributed by atoms with Crippen LogP contribution >= 0.6 is 23.6 Å². The zero-order valence-electron chi connectivity index (χ0n) is 16.5. The van der Waals surface area contributed by atoms with Crippen LogP contribution in [0.2, 0.25) is 0 Å². The first-order chi connectivity index (χ1) is 15.2. The summed E-state index contributed by atoms with van der Waals surface area (Å²) in [5, 5.41) is 13.4. The average molecular weight is 451 g/mol. The maximum atomic E-state index is 12.1. The van der Waals surface area contributed by atoms with E-state index in [0.29, 0.717) is 33.6 Å². The number of hydrogen-bond acceptors (Lipinski definition) is 7. The predicted molar refractivity (Wildman–Crippen MR) is 123 cm³/mol. The van der Waals surface area contributed by atoms with Crippen molar-refractivity contribution in [3.8, 4) is 22.9 Å². The summed E-state index contributed by atoms with van der Waals surface area (Å²) in [4.78, 5) is 12.6. The van der Waals surface area contributed by atoms with Crippen molar-refractivity contribution in [3.05, 3.63) is 81.3 Å². The molecule has 9 heteroatoms. The second-order valence-electron chi connectivity index (χ2n) is 6.27. The number of H-pyrrole nitrogens is 1. The second kappa shape index (κ2) is 9.50. The highest BCUT2D eigenvalue weighted by Gasteiger charge is 2.13. The molecule has 2 heterocycles. The molecule has 0 unspecified atom stereocenters. The molecule has 0 aliphatic rings. The number of carbonyl (C=O) groups is 1. The number of aromatic nitrogens is 3. The Morgan fingerprint density at radius 1 is 1.19 bits per heavy atom. The Kier molecular flexibility index (Phi) is 6.34. The number of esters is 1. The van der Waals surface area contributed by atoms with E-state index in [2.05, 4.69) is 15.3 Å². The van der Waals surface area contributed by atoms with Crippen LogP contribution in [-0.2, 0) is 0 Å². The summed E-state index contributed by atoms with van der Waals surface area (Å²) in [5.74, 6) is 1.33. The molecule has 0 bridgehead atoms. The number of hydrogen-bond donors (Lipinski definition) is 1. The fourth-order valence-corrected chi connectivity index (χ4v) is 3.58. The Hall–Kier alpha value is -3.56. The third-order valence-electron chi connectivity index (χ3n) is 4.21. The van der Waals surface area contributed by atoms with Crippen LogP contribution in [0.4, 0.5) is 0 Å². The minimum atomic E-state index is -0.376. The Labute approximate surface area is 187 Å². The number of aromatic amines is 1. The molecule has 0 saturated carbocycles. The number of para-hydroxylation sites is 1. The number of carbonyl (C=O) groups excluding carboxylic acids is 1. The van der Waals surface area contributed by atoms with E-state index in [1.807, 2.05) is 42.6 Å². The van der Waals surface area contributed by atoms with Crippen molar-refractivity contribution in [3.63, 3.8) is 0 Å². The van der Waals surface area contributed by atoms with E-state index in [1.165, 1.54) is 16.0 Å². The molecule has 0 saturated heterocycles. The molecule has 0 atom stereocenters. The normalized spacial score (nSPS) is 11.0. The van der Waals surface area contributed by atoms with Gasteiger partial charge in [-0.05, 0) is 72.5 Å². The summed E-state index contributed by atoms with van der Waals surface area (Å²) >= 11 is 6.68. The Morgan fingerprint density at radius 3 is 2.74 bits per heavy atom. The maximum absolute atomic E-state index is 12.1. The van der Waals surface area contributed by atoms with E-state index < -0.39 is 0 Å². The van der Waals surface area contributed by atoms with Crippen LogP contribution in [0.15, 0.2) is 71.1 Å². The van der Waals surface area contributed by atoms with E-state index >= 15 is 0 Å². The van der Waals surface area contributed by atoms with E-state index in [9.17, 15) is 4.79 Å². The van der Waals surface area contributed by atoms with Gasteiger partial charge in [0.1, 0.15) is 16.4 Å². The molecule has 0 spiro atoms. The minimum Gasteiger partial charge on any atom is -0.493 e. The van der Waals surface area contributed by atoms with Crippen LogP contribution in [0.1, 0.15) is 22.2 Å². The van der Waals surface area contributed by atoms with Gasteiger partial charge in [0.25, 0.3) is 0 Å². The van der Waals surface area contributed by atoms with Gasteiger partial charge in [-0.1, -0.05) is 18.2 Å². The van der Waals surface area contributed by atoms with Gasteiger partial charge in [0, 0.05) is 0 Å². The molecule has 156 valence electrons. The largest absolute Gasteiger partial charge is 0.493 e. The van der Waals surface area contributed by atoms with Crippen LogP contribution in [0.5, 0.6) is 11.5 Å². The topological polar surface area (TPSA) is 81.5 Å². The number of ether oxygens (including phenoxy) is 2. The minimum absolute atomic E-state index is 0.360. The van der Waals surface area contributed by atoms with Crippen molar-refractivity contribution in [1.29, 1.82) is 0 Å². The number of nitrogens with zero attached hydrogens (tertiary/aromatic N) is 3. The van der Waals surface area contributed by atoms with Crippen LogP contribution < -0.4 is 9.47 Å². The number of benzene rings is 2. The molecule has 0 radical (unpaired) electrons. The average Bonchev–Trinajstić information content (AvgIpc) is 3.44. The van der Waals surface area contributed by atoms with Crippen LogP contribution in [-0.4, -0.2) is 33.7 Å². The molecule has 4 rings (SSSR count).